The van der Waals surface area contributed by atoms with Gasteiger partial charge < -0.3 is 9.73 Å². The first-order valence-electron chi connectivity index (χ1n) is 7.36. The first-order valence-corrected chi connectivity index (χ1v) is 7.36. The van der Waals surface area contributed by atoms with Crippen LogP contribution in [0.1, 0.15) is 16.1 Å². The van der Waals surface area contributed by atoms with Crippen LogP contribution in [-0.4, -0.2) is 10.8 Å². The van der Waals surface area contributed by atoms with Gasteiger partial charge in [0.25, 0.3) is 11.6 Å². The summed E-state index contributed by atoms with van der Waals surface area (Å²) in [5.41, 5.74) is 1.21. The van der Waals surface area contributed by atoms with Crippen LogP contribution in [0.3, 0.4) is 0 Å². The van der Waals surface area contributed by atoms with Crippen molar-refractivity contribution < 1.29 is 18.5 Å². The number of anilines is 1. The predicted molar refractivity (Wildman–Crippen MR) is 89.9 cm³/mol. The summed E-state index contributed by atoms with van der Waals surface area (Å²) in [4.78, 5) is 22.8. The molecule has 0 aliphatic heterocycles. The molecular formula is C18H13FN2O4. The van der Waals surface area contributed by atoms with Crippen LogP contribution in [-0.2, 0) is 0 Å². The minimum Gasteiger partial charge on any atom is -0.451 e. The van der Waals surface area contributed by atoms with Crippen LogP contribution in [0.15, 0.2) is 59.0 Å². The largest absolute Gasteiger partial charge is 0.451 e. The highest BCUT2D eigenvalue weighted by atomic mass is 19.1. The molecule has 6 nitrogen and oxygen atoms in total. The molecule has 0 spiro atoms. The van der Waals surface area contributed by atoms with E-state index in [0.29, 0.717) is 16.9 Å². The van der Waals surface area contributed by atoms with Crippen LogP contribution in [0.5, 0.6) is 0 Å². The molecule has 0 aliphatic rings. The van der Waals surface area contributed by atoms with Gasteiger partial charge in [0, 0.05) is 11.6 Å². The van der Waals surface area contributed by atoms with E-state index in [1.54, 1.807) is 19.1 Å². The summed E-state index contributed by atoms with van der Waals surface area (Å²) in [7, 11) is 0. The third-order valence-corrected chi connectivity index (χ3v) is 3.56. The van der Waals surface area contributed by atoms with E-state index in [1.807, 2.05) is 0 Å². The van der Waals surface area contributed by atoms with Gasteiger partial charge in [0.05, 0.1) is 4.92 Å². The zero-order valence-electron chi connectivity index (χ0n) is 13.2. The molecule has 0 aliphatic carbocycles. The zero-order valence-corrected chi connectivity index (χ0v) is 13.2. The van der Waals surface area contributed by atoms with Crippen molar-refractivity contribution in [1.29, 1.82) is 0 Å². The molecule has 0 fully saturated rings. The van der Waals surface area contributed by atoms with Crippen molar-refractivity contribution in [3.63, 3.8) is 0 Å². The number of carbonyl (C=O) groups excluding carboxylic acids is 1. The second-order valence-corrected chi connectivity index (χ2v) is 5.40. The average Bonchev–Trinajstić information content (AvgIpc) is 3.07. The number of nitro groups is 1. The Hall–Kier alpha value is -3.48. The maximum atomic E-state index is 13.0. The van der Waals surface area contributed by atoms with Gasteiger partial charge in [-0.25, -0.2) is 4.39 Å². The lowest BCUT2D eigenvalue weighted by Gasteiger charge is -2.05. The van der Waals surface area contributed by atoms with E-state index >= 15 is 0 Å². The smallest absolute Gasteiger partial charge is 0.293 e. The molecule has 3 rings (SSSR count). The molecule has 2 aromatic carbocycles. The van der Waals surface area contributed by atoms with Gasteiger partial charge in [-0.05, 0) is 55.0 Å². The maximum Gasteiger partial charge on any atom is 0.293 e. The van der Waals surface area contributed by atoms with Crippen molar-refractivity contribution in [3.8, 4) is 11.3 Å². The lowest BCUT2D eigenvalue weighted by Crippen LogP contribution is -2.12. The number of nitrogens with one attached hydrogen (secondary N) is 1. The molecule has 1 heterocycles. The van der Waals surface area contributed by atoms with E-state index in [2.05, 4.69) is 5.32 Å². The number of hydrogen-bond donors (Lipinski definition) is 1. The van der Waals surface area contributed by atoms with Gasteiger partial charge in [0.1, 0.15) is 17.3 Å². The summed E-state index contributed by atoms with van der Waals surface area (Å²) < 4.78 is 18.4. The summed E-state index contributed by atoms with van der Waals surface area (Å²) >= 11 is 0. The molecular weight excluding hydrogens is 327 g/mol. The summed E-state index contributed by atoms with van der Waals surface area (Å²) in [6.07, 6.45) is 0. The first-order chi connectivity index (χ1) is 11.9. The Morgan fingerprint density at radius 3 is 2.52 bits per heavy atom. The number of rotatable bonds is 4. The first kappa shape index (κ1) is 16.4. The SMILES string of the molecule is Cc1ccc(NC(=O)c2ccc(-c3ccc(F)cc3)o2)c([N+](=O)[O-])c1. The molecule has 0 atom stereocenters. The van der Waals surface area contributed by atoms with E-state index in [-0.39, 0.29) is 23.0 Å². The van der Waals surface area contributed by atoms with Crippen molar-refractivity contribution in [2.24, 2.45) is 0 Å². The number of halogens is 1. The zero-order chi connectivity index (χ0) is 18.0. The molecule has 0 saturated heterocycles. The molecule has 126 valence electrons. The Balaban J connectivity index is 1.83. The quantitative estimate of drug-likeness (QED) is 0.557. The number of aryl methyl sites for hydroxylation is 1. The van der Waals surface area contributed by atoms with E-state index in [9.17, 15) is 19.3 Å². The molecule has 0 bridgehead atoms. The third kappa shape index (κ3) is 3.55. The topological polar surface area (TPSA) is 85.4 Å². The van der Waals surface area contributed by atoms with Gasteiger partial charge in [0.15, 0.2) is 5.76 Å². The van der Waals surface area contributed by atoms with Crippen LogP contribution in [0.2, 0.25) is 0 Å². The van der Waals surface area contributed by atoms with Gasteiger partial charge >= 0.3 is 0 Å². The molecule has 3 aromatic rings. The van der Waals surface area contributed by atoms with Gasteiger partial charge in [0.2, 0.25) is 0 Å². The van der Waals surface area contributed by atoms with Gasteiger partial charge in [-0.15, -0.1) is 0 Å². The van der Waals surface area contributed by atoms with Crippen LogP contribution >= 0.6 is 0 Å². The highest BCUT2D eigenvalue weighted by Gasteiger charge is 2.19. The van der Waals surface area contributed by atoms with E-state index in [1.165, 1.54) is 42.5 Å². The lowest BCUT2D eigenvalue weighted by molar-refractivity contribution is -0.384. The van der Waals surface area contributed by atoms with Gasteiger partial charge in [-0.3, -0.25) is 14.9 Å². The number of amides is 1. The van der Waals surface area contributed by atoms with E-state index in [4.69, 9.17) is 4.42 Å². The van der Waals surface area contributed by atoms with Crippen LogP contribution < -0.4 is 5.32 Å². The fourth-order valence-electron chi connectivity index (χ4n) is 2.31. The summed E-state index contributed by atoms with van der Waals surface area (Å²) in [5.74, 6) is -0.599. The van der Waals surface area contributed by atoms with Crippen LogP contribution in [0.25, 0.3) is 11.3 Å². The lowest BCUT2D eigenvalue weighted by atomic mass is 10.2. The molecule has 25 heavy (non-hydrogen) atoms. The fourth-order valence-corrected chi connectivity index (χ4v) is 2.31. The number of carbonyl (C=O) groups is 1. The number of benzene rings is 2. The molecule has 1 aromatic heterocycles. The molecule has 1 amide bonds. The summed E-state index contributed by atoms with van der Waals surface area (Å²) in [6, 6.07) is 13.2. The molecule has 0 radical (unpaired) electrons. The molecule has 0 unspecified atom stereocenters. The highest BCUT2D eigenvalue weighted by Crippen LogP contribution is 2.27. The summed E-state index contributed by atoms with van der Waals surface area (Å²) in [5, 5.41) is 13.6. The fraction of sp³-hybridized carbons (Fsp3) is 0.0556. The van der Waals surface area contributed by atoms with Gasteiger partial charge in [-0.1, -0.05) is 6.07 Å². The van der Waals surface area contributed by atoms with E-state index in [0.717, 1.165) is 0 Å². The van der Waals surface area contributed by atoms with Crippen molar-refractivity contribution in [2.75, 3.05) is 5.32 Å². The number of nitrogens with zero attached hydrogens (tertiary/aromatic N) is 1. The Labute approximate surface area is 142 Å². The van der Waals surface area contributed by atoms with Gasteiger partial charge in [-0.2, -0.15) is 0 Å². The normalized spacial score (nSPS) is 10.5. The van der Waals surface area contributed by atoms with Crippen molar-refractivity contribution >= 4 is 17.3 Å². The Morgan fingerprint density at radius 1 is 1.12 bits per heavy atom. The monoisotopic (exact) mass is 340 g/mol. The second-order valence-electron chi connectivity index (χ2n) is 5.40. The molecule has 1 N–H and O–H groups in total. The Bertz CT molecular complexity index is 948. The second kappa shape index (κ2) is 6.56. The maximum absolute atomic E-state index is 13.0. The minimum atomic E-state index is -0.611. The van der Waals surface area contributed by atoms with Crippen molar-refractivity contribution in [1.82, 2.24) is 0 Å². The number of furan rings is 1. The molecule has 0 saturated carbocycles. The van der Waals surface area contributed by atoms with Crippen molar-refractivity contribution in [3.05, 3.63) is 81.9 Å². The number of hydrogen-bond acceptors (Lipinski definition) is 4. The third-order valence-electron chi connectivity index (χ3n) is 3.56. The highest BCUT2D eigenvalue weighted by molar-refractivity contribution is 6.03. The van der Waals surface area contributed by atoms with Crippen LogP contribution in [0.4, 0.5) is 15.8 Å². The predicted octanol–water partition coefficient (Wildman–Crippen LogP) is 4.55. The average molecular weight is 340 g/mol. The Morgan fingerprint density at radius 2 is 1.84 bits per heavy atom. The van der Waals surface area contributed by atoms with E-state index < -0.39 is 10.8 Å². The standard InChI is InChI=1S/C18H13FN2O4/c1-11-2-7-14(15(10-11)21(23)24)20-18(22)17-9-8-16(25-17)12-3-5-13(19)6-4-12/h2-10H,1H3,(H,20,22). The van der Waals surface area contributed by atoms with Crippen molar-refractivity contribution in [2.45, 2.75) is 6.92 Å². The number of nitro benzene ring substituents is 1. The molecule has 7 heteroatoms. The minimum absolute atomic E-state index is 0.00537. The summed E-state index contributed by atoms with van der Waals surface area (Å²) in [6.45, 7) is 1.72. The Kier molecular flexibility index (Phi) is 4.30. The van der Waals surface area contributed by atoms with Crippen LogP contribution in [0, 0.1) is 22.9 Å².